The van der Waals surface area contributed by atoms with Crippen LogP contribution < -0.4 is 76.1 Å². The minimum atomic E-state index is -1.72. The Morgan fingerprint density at radius 3 is 1.79 bits per heavy atom. The fourth-order valence-corrected chi connectivity index (χ4v) is 12.2. The molecule has 1 aromatic heterocycles. The maximum Gasteiger partial charge on any atom is 0.303 e. The van der Waals surface area contributed by atoms with E-state index in [1.807, 2.05) is 0 Å². The molecule has 4 aromatic rings. The van der Waals surface area contributed by atoms with Crippen LogP contribution in [0.4, 0.5) is 0 Å². The maximum atomic E-state index is 14.8. The number of aromatic amines is 1. The first-order valence-electron chi connectivity index (χ1n) is 31.5. The SMILES string of the molecule is CC(C)[C@@H]1NC(=O)[C@@H](NC(=O)[C@H](Cc2ccc(O)cc2)NC(=O)C(C)(C)C)CSSC[C@H](C(N)=O)NC(=O)[C@H](CCC(=O)O)NC(=O)[C@H](Cc2c[nH]c3ccccc23)NC(=O)[C@H](CCC(N)=O)NC(=O)CCNC(=O)[C@H](CCCN=C(N)N)NC(=O)[C@H](Cc2ccc(O)cc2)NC1=O. The lowest BCUT2D eigenvalue weighted by Crippen LogP contribution is -2.61. The number of guanidine groups is 1. The van der Waals surface area contributed by atoms with Crippen LogP contribution in [0.3, 0.4) is 0 Å². The average Bonchev–Trinajstić information content (AvgIpc) is 1.60. The molecule has 1 aliphatic heterocycles. The van der Waals surface area contributed by atoms with Gasteiger partial charge in [-0.1, -0.05) is 98.7 Å². The number of amides is 12. The third-order valence-corrected chi connectivity index (χ3v) is 17.8. The Morgan fingerprint density at radius 1 is 0.633 bits per heavy atom. The number of aliphatic imine (C=N–C) groups is 1. The second kappa shape index (κ2) is 38.0. The van der Waals surface area contributed by atoms with E-state index in [-0.39, 0.29) is 67.6 Å². The quantitative estimate of drug-likeness (QED) is 0.0190. The van der Waals surface area contributed by atoms with Crippen LogP contribution in [-0.2, 0) is 81.6 Å². The predicted octanol–water partition coefficient (Wildman–Crippen LogP) is -1.76. The number of carboxylic acids is 1. The third-order valence-electron chi connectivity index (χ3n) is 15.4. The summed E-state index contributed by atoms with van der Waals surface area (Å²) in [6.45, 7) is 7.55. The summed E-state index contributed by atoms with van der Waals surface area (Å²) in [5, 5.41) is 56.6. The Morgan fingerprint density at radius 2 is 1.18 bits per heavy atom. The Hall–Kier alpha value is -10.1. The number of aromatic nitrogens is 1. The summed E-state index contributed by atoms with van der Waals surface area (Å²) >= 11 is 0. The van der Waals surface area contributed by atoms with Gasteiger partial charge in [-0.05, 0) is 78.6 Å². The molecule has 2 heterocycles. The second-order valence-corrected chi connectivity index (χ2v) is 27.2. The summed E-state index contributed by atoms with van der Waals surface area (Å²) in [7, 11) is 1.75. The van der Waals surface area contributed by atoms with E-state index < -0.39 is 181 Å². The molecular weight excluding hydrogens is 1310 g/mol. The lowest BCUT2D eigenvalue weighted by molar-refractivity contribution is -0.138. The molecule has 3 aromatic carbocycles. The first-order chi connectivity index (χ1) is 46.3. The summed E-state index contributed by atoms with van der Waals surface area (Å²) < 4.78 is 0. The van der Waals surface area contributed by atoms with E-state index in [1.165, 1.54) is 48.5 Å². The highest BCUT2D eigenvalue weighted by Crippen LogP contribution is 2.25. The van der Waals surface area contributed by atoms with Crippen molar-refractivity contribution in [3.8, 4) is 11.5 Å². The van der Waals surface area contributed by atoms with Crippen LogP contribution in [0.15, 0.2) is 84.0 Å². The summed E-state index contributed by atoms with van der Waals surface area (Å²) in [5.74, 6) is -14.4. The molecular formula is C64H88N16O16S2. The van der Waals surface area contributed by atoms with Crippen LogP contribution in [0.2, 0.25) is 0 Å². The molecule has 12 amide bonds. The van der Waals surface area contributed by atoms with Gasteiger partial charge in [-0.25, -0.2) is 0 Å². The predicted molar refractivity (Wildman–Crippen MR) is 364 cm³/mol. The number of aliphatic carboxylic acids is 1. The van der Waals surface area contributed by atoms with Crippen LogP contribution in [-0.4, -0.2) is 182 Å². The molecule has 32 nitrogen and oxygen atoms in total. The Labute approximate surface area is 572 Å². The number of aromatic hydroxyl groups is 2. The number of nitrogens with two attached hydrogens (primary N) is 4. The van der Waals surface area contributed by atoms with Gasteiger partial charge in [-0.3, -0.25) is 67.3 Å². The number of para-hydroxylation sites is 1. The van der Waals surface area contributed by atoms with Crippen molar-refractivity contribution in [2.24, 2.45) is 39.3 Å². The summed E-state index contributed by atoms with van der Waals surface area (Å²) in [5.41, 5.74) is 23.4. The van der Waals surface area contributed by atoms with Gasteiger partial charge < -0.3 is 96.4 Å². The van der Waals surface area contributed by atoms with Gasteiger partial charge in [0.2, 0.25) is 70.9 Å². The number of benzene rings is 3. The normalized spacial score (nSPS) is 21.4. The van der Waals surface area contributed by atoms with Gasteiger partial charge in [0.1, 0.15) is 65.9 Å². The van der Waals surface area contributed by atoms with Crippen molar-refractivity contribution < 1.29 is 77.6 Å². The van der Waals surface area contributed by atoms with Crippen LogP contribution in [0.1, 0.15) is 96.3 Å². The molecule has 22 N–H and O–H groups in total. The van der Waals surface area contributed by atoms with Gasteiger partial charge >= 0.3 is 5.97 Å². The Balaban J connectivity index is 1.60. The lowest BCUT2D eigenvalue weighted by atomic mass is 9.94. The number of nitrogens with one attached hydrogen (secondary N) is 11. The highest BCUT2D eigenvalue weighted by atomic mass is 33.1. The van der Waals surface area contributed by atoms with Gasteiger partial charge in [0.05, 0.1) is 0 Å². The number of rotatable bonds is 21. The fraction of sp³-hybridized carbons (Fsp3) is 0.469. The molecule has 532 valence electrons. The molecule has 5 rings (SSSR count). The summed E-state index contributed by atoms with van der Waals surface area (Å²) in [6, 6.07) is 4.52. The van der Waals surface area contributed by atoms with E-state index in [4.69, 9.17) is 22.9 Å². The molecule has 1 saturated heterocycles. The number of nitrogens with zero attached hydrogens (tertiary/aromatic N) is 1. The number of fused-ring (bicyclic) bond motifs is 1. The molecule has 1 fully saturated rings. The lowest BCUT2D eigenvalue weighted by Gasteiger charge is -2.29. The molecule has 98 heavy (non-hydrogen) atoms. The summed E-state index contributed by atoms with van der Waals surface area (Å²) in [4.78, 5) is 188. The number of phenolic OH excluding ortho intramolecular Hbond substituents is 2. The van der Waals surface area contributed by atoms with Crippen molar-refractivity contribution in [2.45, 2.75) is 153 Å². The number of carbonyl (C=O) groups is 13. The summed E-state index contributed by atoms with van der Waals surface area (Å²) in [6.07, 6.45) is -1.80. The van der Waals surface area contributed by atoms with Crippen LogP contribution >= 0.6 is 21.6 Å². The van der Waals surface area contributed by atoms with E-state index in [0.717, 1.165) is 21.6 Å². The number of phenols is 2. The molecule has 0 spiro atoms. The minimum absolute atomic E-state index is 0.00925. The molecule has 0 radical (unpaired) electrons. The number of hydrogen-bond acceptors (Lipinski definition) is 18. The highest BCUT2D eigenvalue weighted by Gasteiger charge is 2.37. The van der Waals surface area contributed by atoms with E-state index in [1.54, 1.807) is 65.1 Å². The van der Waals surface area contributed by atoms with E-state index in [2.05, 4.69) is 63.1 Å². The number of H-pyrrole nitrogens is 1. The minimum Gasteiger partial charge on any atom is -0.508 e. The third kappa shape index (κ3) is 26.1. The fourth-order valence-electron chi connectivity index (χ4n) is 9.83. The van der Waals surface area contributed by atoms with Gasteiger partial charge in [0.15, 0.2) is 5.96 Å². The monoisotopic (exact) mass is 1400 g/mol. The van der Waals surface area contributed by atoms with Crippen molar-refractivity contribution in [3.63, 3.8) is 0 Å². The van der Waals surface area contributed by atoms with Crippen molar-refractivity contribution >= 4 is 115 Å². The molecule has 34 heteroatoms. The molecule has 1 aliphatic rings. The molecule has 0 bridgehead atoms. The first-order valence-corrected chi connectivity index (χ1v) is 34.0. The van der Waals surface area contributed by atoms with Crippen LogP contribution in [0, 0.1) is 11.3 Å². The Bertz CT molecular complexity index is 3530. The van der Waals surface area contributed by atoms with E-state index >= 15 is 0 Å². The van der Waals surface area contributed by atoms with E-state index in [0.29, 0.717) is 27.6 Å². The Kier molecular flexibility index (Phi) is 30.5. The van der Waals surface area contributed by atoms with Gasteiger partial charge in [-0.2, -0.15) is 0 Å². The van der Waals surface area contributed by atoms with Crippen molar-refractivity contribution in [1.82, 2.24) is 58.2 Å². The zero-order valence-corrected chi connectivity index (χ0v) is 56.5. The van der Waals surface area contributed by atoms with Crippen LogP contribution in [0.25, 0.3) is 10.9 Å². The number of primary amides is 2. The zero-order valence-electron chi connectivity index (χ0n) is 54.9. The van der Waals surface area contributed by atoms with Gasteiger partial charge in [0.25, 0.3) is 0 Å². The topological polar surface area (TPSA) is 535 Å². The number of carbonyl (C=O) groups excluding carboxylic acids is 12. The van der Waals surface area contributed by atoms with Gasteiger partial charge in [0, 0.05) is 85.6 Å². The molecule has 0 saturated carbocycles. The number of carboxylic acid groups (broad SMARTS) is 1. The largest absolute Gasteiger partial charge is 0.508 e. The zero-order chi connectivity index (χ0) is 72.4. The van der Waals surface area contributed by atoms with Crippen molar-refractivity contribution in [2.75, 3.05) is 24.6 Å². The van der Waals surface area contributed by atoms with Gasteiger partial charge in [-0.15, -0.1) is 0 Å². The standard InChI is InChI=1S/C64H88N16O16S2/c1-33(2)52-61(95)76-44(27-34-12-16-37(81)17-13-34)57(91)73-41(11-8-25-70-63(67)68)54(88)69-26-24-50(84)72-42(20-22-49(65)83)55(89)75-46(29-36-30-71-40-10-7-6-9-39(36)40)59(93)74-43(21-23-51(85)86)56(90)77-47(53(66)87)31-97-98-32-48(60(94)80-52)78-58(92)45(79-62(96)64(3,4)5)28-35-14-18-38(82)19-15-35/h6-7,9-10,12-19,30,33,41-48,52,71,81-82H,8,11,20-29,31-32H2,1-5H3,(H2,65,83)(H2,66,87)(H,69,88)(H,72,84)(H,73,91)(H,74,93)(H,75,89)(H,76,95)(H,77,90)(H,78,92)(H,79,96)(H,80,94)(H,85,86)(H4,67,68,70)/t41-,42-,43-,44-,45-,46-,47+,48-,52-/m0/s1. The molecule has 0 aliphatic carbocycles. The molecule has 9 atom stereocenters. The highest BCUT2D eigenvalue weighted by molar-refractivity contribution is 8.76. The van der Waals surface area contributed by atoms with Crippen LogP contribution in [0.5, 0.6) is 11.5 Å². The maximum absolute atomic E-state index is 14.8. The second-order valence-electron chi connectivity index (χ2n) is 24.7. The smallest absolute Gasteiger partial charge is 0.303 e. The average molecular weight is 1400 g/mol. The first kappa shape index (κ1) is 78.6. The van der Waals surface area contributed by atoms with Crippen molar-refractivity contribution in [3.05, 3.63) is 95.7 Å². The van der Waals surface area contributed by atoms with E-state index in [9.17, 15) is 77.6 Å². The number of hydrogen-bond donors (Lipinski definition) is 18. The molecule has 0 unspecified atom stereocenters. The van der Waals surface area contributed by atoms with Crippen molar-refractivity contribution in [1.29, 1.82) is 0 Å².